The number of benzene rings is 2. The van der Waals surface area contributed by atoms with Gasteiger partial charge in [-0.25, -0.2) is 4.79 Å². The molecule has 3 aliphatic heterocycles. The van der Waals surface area contributed by atoms with Crippen molar-refractivity contribution in [1.29, 1.82) is 0 Å². The Morgan fingerprint density at radius 1 is 1.00 bits per heavy atom. The van der Waals surface area contributed by atoms with Gasteiger partial charge in [-0.3, -0.25) is 4.90 Å². The molecule has 5 rings (SSSR count). The summed E-state index contributed by atoms with van der Waals surface area (Å²) in [5, 5.41) is 15.2. The Hall–Kier alpha value is -2.49. The summed E-state index contributed by atoms with van der Waals surface area (Å²) in [6, 6.07) is 16.1. The fraction of sp³-hybridized carbons (Fsp3) is 0.581. The fourth-order valence-electron chi connectivity index (χ4n) is 6.26. The number of hydrogen-bond donors (Lipinski definition) is 3. The molecule has 8 heteroatoms. The normalized spacial score (nSPS) is 28.0. The molecule has 0 aromatic heterocycles. The maximum Gasteiger partial charge on any atom is 0.319 e. The summed E-state index contributed by atoms with van der Waals surface area (Å²) in [6.45, 7) is 10.3. The van der Waals surface area contributed by atoms with Crippen LogP contribution in [0.2, 0.25) is 0 Å². The van der Waals surface area contributed by atoms with Crippen LogP contribution in [-0.2, 0) is 16.1 Å². The predicted molar refractivity (Wildman–Crippen MR) is 152 cm³/mol. The summed E-state index contributed by atoms with van der Waals surface area (Å²) in [5.74, 6) is 0.144. The van der Waals surface area contributed by atoms with Gasteiger partial charge in [0.15, 0.2) is 6.29 Å². The molecule has 3 aliphatic rings. The lowest BCUT2D eigenvalue weighted by Gasteiger charge is -2.43. The van der Waals surface area contributed by atoms with Crippen LogP contribution in [0.1, 0.15) is 68.6 Å². The molecule has 2 aromatic carbocycles. The molecule has 0 saturated carbocycles. The van der Waals surface area contributed by atoms with Gasteiger partial charge in [-0.05, 0) is 75.5 Å². The van der Waals surface area contributed by atoms with Gasteiger partial charge < -0.3 is 30.1 Å². The van der Waals surface area contributed by atoms with Crippen LogP contribution < -0.4 is 10.6 Å². The van der Waals surface area contributed by atoms with Crippen LogP contribution in [0.15, 0.2) is 48.5 Å². The third-order valence-corrected chi connectivity index (χ3v) is 8.46. The highest BCUT2D eigenvalue weighted by Gasteiger charge is 2.40. The van der Waals surface area contributed by atoms with Crippen molar-refractivity contribution in [1.82, 2.24) is 15.1 Å². The highest BCUT2D eigenvalue weighted by atomic mass is 16.7. The molecule has 3 saturated heterocycles. The number of nitrogens with zero attached hydrogens (tertiary/aromatic N) is 2. The monoisotopic (exact) mass is 536 g/mol. The Labute approximate surface area is 232 Å². The van der Waals surface area contributed by atoms with Gasteiger partial charge in [0.25, 0.3) is 0 Å². The molecular weight excluding hydrogens is 492 g/mol. The lowest BCUT2D eigenvalue weighted by atomic mass is 9.90. The average Bonchev–Trinajstić information content (AvgIpc) is 3.63. The van der Waals surface area contributed by atoms with E-state index in [4.69, 9.17) is 9.47 Å². The van der Waals surface area contributed by atoms with Gasteiger partial charge in [-0.1, -0.05) is 43.3 Å². The summed E-state index contributed by atoms with van der Waals surface area (Å²) in [6.07, 6.45) is 4.41. The number of urea groups is 1. The van der Waals surface area contributed by atoms with Crippen molar-refractivity contribution < 1.29 is 19.4 Å². The van der Waals surface area contributed by atoms with E-state index in [1.165, 1.54) is 38.8 Å². The predicted octanol–water partition coefficient (Wildman–Crippen LogP) is 4.67. The van der Waals surface area contributed by atoms with Crippen molar-refractivity contribution in [2.24, 2.45) is 5.92 Å². The maximum absolute atomic E-state index is 12.1. The number of likely N-dealkylation sites (tertiary alicyclic amines) is 2. The van der Waals surface area contributed by atoms with Gasteiger partial charge in [0, 0.05) is 42.8 Å². The van der Waals surface area contributed by atoms with Gasteiger partial charge in [0.2, 0.25) is 0 Å². The Kier molecular flexibility index (Phi) is 9.53. The Morgan fingerprint density at radius 3 is 2.54 bits per heavy atom. The van der Waals surface area contributed by atoms with Crippen LogP contribution in [0.4, 0.5) is 10.5 Å². The third kappa shape index (κ3) is 6.99. The quantitative estimate of drug-likeness (QED) is 0.432. The van der Waals surface area contributed by atoms with E-state index in [1.54, 1.807) is 0 Å². The molecule has 3 fully saturated rings. The van der Waals surface area contributed by atoms with Gasteiger partial charge in [0.05, 0.1) is 18.8 Å². The van der Waals surface area contributed by atoms with Crippen molar-refractivity contribution in [3.05, 3.63) is 65.2 Å². The van der Waals surface area contributed by atoms with E-state index in [0.29, 0.717) is 18.3 Å². The average molecular weight is 537 g/mol. The lowest BCUT2D eigenvalue weighted by molar-refractivity contribution is -0.276. The topological polar surface area (TPSA) is 86.3 Å². The van der Waals surface area contributed by atoms with Crippen LogP contribution in [0.25, 0.3) is 0 Å². The van der Waals surface area contributed by atoms with E-state index in [-0.39, 0.29) is 30.8 Å². The highest BCUT2D eigenvalue weighted by molar-refractivity contribution is 5.89. The number of carbonyl (C=O) groups excluding carboxylic acids is 1. The molecular formula is C31H44N4O4. The van der Waals surface area contributed by atoms with Gasteiger partial charge in [0.1, 0.15) is 0 Å². The van der Waals surface area contributed by atoms with E-state index in [9.17, 15) is 9.90 Å². The zero-order chi connectivity index (χ0) is 27.2. The molecule has 0 radical (unpaired) electrons. The molecule has 0 unspecified atom stereocenters. The van der Waals surface area contributed by atoms with Crippen LogP contribution in [0.3, 0.4) is 0 Å². The standard InChI is InChI=1S/C31H44N4O4/c1-3-32-31(37)33-26-9-6-8-25(18-26)30-38-28(20-35-17-7-10-27(35)19-34-15-4-5-16-34)22(2)29(39-30)24-13-11-23(21-36)12-14-24/h6,8-9,11-14,18,22,27-30,36H,3-5,7,10,15-17,19-21H2,1-2H3,(H2,32,33,37)/t22-,27-,28+,29+,30+/m0/s1. The minimum atomic E-state index is -0.552. The van der Waals surface area contributed by atoms with Crippen molar-refractivity contribution in [2.75, 3.05) is 44.6 Å². The number of anilines is 1. The van der Waals surface area contributed by atoms with Crippen molar-refractivity contribution in [3.63, 3.8) is 0 Å². The van der Waals surface area contributed by atoms with Gasteiger partial charge in [-0.15, -0.1) is 0 Å². The summed E-state index contributed by atoms with van der Waals surface area (Å²) in [4.78, 5) is 17.4. The van der Waals surface area contributed by atoms with Crippen LogP contribution in [-0.4, -0.2) is 72.4 Å². The SMILES string of the molecule is CCNC(=O)Nc1cccc([C@@H]2O[C@H](CN3CCC[C@H]3CN3CCCC3)[C@H](C)[C@H](c3ccc(CO)cc3)O2)c1. The number of aliphatic hydroxyl groups excluding tert-OH is 1. The number of rotatable bonds is 9. The molecule has 39 heavy (non-hydrogen) atoms. The summed E-state index contributed by atoms with van der Waals surface area (Å²) in [5.41, 5.74) is 3.56. The highest BCUT2D eigenvalue weighted by Crippen LogP contribution is 2.42. The maximum atomic E-state index is 12.1. The fourth-order valence-corrected chi connectivity index (χ4v) is 6.26. The zero-order valence-electron chi connectivity index (χ0n) is 23.4. The Morgan fingerprint density at radius 2 is 1.79 bits per heavy atom. The first-order valence-electron chi connectivity index (χ1n) is 14.7. The van der Waals surface area contributed by atoms with E-state index in [2.05, 4.69) is 39.5 Å². The molecule has 0 bridgehead atoms. The van der Waals surface area contributed by atoms with E-state index in [0.717, 1.165) is 36.3 Å². The number of ether oxygens (including phenoxy) is 2. The molecule has 0 aliphatic carbocycles. The first-order valence-corrected chi connectivity index (χ1v) is 14.7. The van der Waals surface area contributed by atoms with Crippen LogP contribution in [0, 0.1) is 5.92 Å². The number of nitrogens with one attached hydrogen (secondary N) is 2. The van der Waals surface area contributed by atoms with Crippen LogP contribution in [0.5, 0.6) is 0 Å². The first kappa shape index (κ1) is 28.1. The Bertz CT molecular complexity index is 1070. The largest absolute Gasteiger partial charge is 0.392 e. The molecule has 5 atom stereocenters. The van der Waals surface area contributed by atoms with Crippen molar-refractivity contribution in [3.8, 4) is 0 Å². The number of hydrogen-bond acceptors (Lipinski definition) is 6. The Balaban J connectivity index is 1.36. The van der Waals surface area contributed by atoms with Gasteiger partial charge >= 0.3 is 6.03 Å². The van der Waals surface area contributed by atoms with E-state index < -0.39 is 6.29 Å². The van der Waals surface area contributed by atoms with Crippen LogP contribution >= 0.6 is 0 Å². The molecule has 3 N–H and O–H groups in total. The smallest absolute Gasteiger partial charge is 0.319 e. The second-order valence-corrected chi connectivity index (χ2v) is 11.2. The van der Waals surface area contributed by atoms with Crippen molar-refractivity contribution in [2.45, 2.75) is 70.7 Å². The van der Waals surface area contributed by atoms with E-state index in [1.807, 2.05) is 43.3 Å². The molecule has 212 valence electrons. The number of carbonyl (C=O) groups is 1. The first-order chi connectivity index (χ1) is 19.0. The summed E-state index contributed by atoms with van der Waals surface area (Å²) < 4.78 is 13.4. The summed E-state index contributed by atoms with van der Waals surface area (Å²) >= 11 is 0. The molecule has 2 aromatic rings. The minimum Gasteiger partial charge on any atom is -0.392 e. The third-order valence-electron chi connectivity index (χ3n) is 8.46. The molecule has 2 amide bonds. The zero-order valence-corrected chi connectivity index (χ0v) is 23.4. The van der Waals surface area contributed by atoms with Crippen molar-refractivity contribution >= 4 is 11.7 Å². The molecule has 3 heterocycles. The van der Waals surface area contributed by atoms with E-state index >= 15 is 0 Å². The number of amides is 2. The minimum absolute atomic E-state index is 0.00884. The molecule has 8 nitrogen and oxygen atoms in total. The summed E-state index contributed by atoms with van der Waals surface area (Å²) in [7, 11) is 0. The van der Waals surface area contributed by atoms with Gasteiger partial charge in [-0.2, -0.15) is 0 Å². The second kappa shape index (κ2) is 13.2. The lowest BCUT2D eigenvalue weighted by Crippen LogP contribution is -2.48. The second-order valence-electron chi connectivity index (χ2n) is 11.2. The number of aliphatic hydroxyl groups is 1. The molecule has 0 spiro atoms.